The second kappa shape index (κ2) is 7.46. The fourth-order valence-electron chi connectivity index (χ4n) is 2.04. The lowest BCUT2D eigenvalue weighted by Gasteiger charge is -2.18. The van der Waals surface area contributed by atoms with Gasteiger partial charge in [0.15, 0.2) is 0 Å². The number of hydrogen-bond acceptors (Lipinski definition) is 2. The molecule has 1 atom stereocenters. The summed E-state index contributed by atoms with van der Waals surface area (Å²) >= 11 is 3.52. The first-order valence-electron chi connectivity index (χ1n) is 6.91. The Kier molecular flexibility index (Phi) is 5.62. The van der Waals surface area contributed by atoms with E-state index in [0.29, 0.717) is 0 Å². The molecule has 0 amide bonds. The van der Waals surface area contributed by atoms with Crippen molar-refractivity contribution in [3.63, 3.8) is 0 Å². The molecule has 0 bridgehead atoms. The maximum Gasteiger partial charge on any atom is 0.124 e. The molecule has 0 aromatic heterocycles. The van der Waals surface area contributed by atoms with Gasteiger partial charge in [0.1, 0.15) is 11.9 Å². The minimum atomic E-state index is 0.0396. The zero-order valence-corrected chi connectivity index (χ0v) is 13.5. The molecule has 3 heteroatoms. The lowest BCUT2D eigenvalue weighted by molar-refractivity contribution is 0.224. The molecule has 2 nitrogen and oxygen atoms in total. The standard InChI is InChI=1S/C17H20BrNO/c1-3-19-12-15-11-16(18)9-10-17(15)20-13(2)14-7-5-4-6-8-14/h4-11,13,19H,3,12H2,1-2H3. The summed E-state index contributed by atoms with van der Waals surface area (Å²) in [6, 6.07) is 16.4. The summed E-state index contributed by atoms with van der Waals surface area (Å²) < 4.78 is 7.20. The third-order valence-electron chi connectivity index (χ3n) is 3.16. The predicted molar refractivity (Wildman–Crippen MR) is 87.0 cm³/mol. The van der Waals surface area contributed by atoms with Gasteiger partial charge in [0.25, 0.3) is 0 Å². The molecule has 1 unspecified atom stereocenters. The van der Waals surface area contributed by atoms with E-state index < -0.39 is 0 Å². The number of rotatable bonds is 6. The third-order valence-corrected chi connectivity index (χ3v) is 3.65. The highest BCUT2D eigenvalue weighted by atomic mass is 79.9. The van der Waals surface area contributed by atoms with Crippen LogP contribution in [-0.2, 0) is 6.54 Å². The summed E-state index contributed by atoms with van der Waals surface area (Å²) in [6.07, 6.45) is 0.0396. The number of nitrogens with one attached hydrogen (secondary N) is 1. The van der Waals surface area contributed by atoms with Crippen LogP contribution in [0.2, 0.25) is 0 Å². The third kappa shape index (κ3) is 4.09. The largest absolute Gasteiger partial charge is 0.486 e. The van der Waals surface area contributed by atoms with Gasteiger partial charge in [-0.2, -0.15) is 0 Å². The van der Waals surface area contributed by atoms with Crippen molar-refractivity contribution in [2.24, 2.45) is 0 Å². The first-order valence-corrected chi connectivity index (χ1v) is 7.70. The molecule has 0 saturated heterocycles. The van der Waals surface area contributed by atoms with E-state index in [1.165, 1.54) is 11.1 Å². The van der Waals surface area contributed by atoms with Crippen LogP contribution in [0.15, 0.2) is 53.0 Å². The van der Waals surface area contributed by atoms with Crippen LogP contribution in [0, 0.1) is 0 Å². The zero-order chi connectivity index (χ0) is 14.4. The fraction of sp³-hybridized carbons (Fsp3) is 0.294. The van der Waals surface area contributed by atoms with Crippen LogP contribution < -0.4 is 10.1 Å². The summed E-state index contributed by atoms with van der Waals surface area (Å²) in [5.41, 5.74) is 2.36. The Labute approximate surface area is 129 Å². The van der Waals surface area contributed by atoms with Crippen molar-refractivity contribution in [3.8, 4) is 5.75 Å². The van der Waals surface area contributed by atoms with E-state index in [-0.39, 0.29) is 6.10 Å². The van der Waals surface area contributed by atoms with Gasteiger partial charge in [-0.1, -0.05) is 53.2 Å². The van der Waals surface area contributed by atoms with E-state index >= 15 is 0 Å². The molecule has 2 aromatic rings. The second-order valence-corrected chi connectivity index (χ2v) is 5.62. The first kappa shape index (κ1) is 15.1. The summed E-state index contributed by atoms with van der Waals surface area (Å²) in [5, 5.41) is 3.34. The van der Waals surface area contributed by atoms with Crippen molar-refractivity contribution in [1.29, 1.82) is 0 Å². The van der Waals surface area contributed by atoms with Gasteiger partial charge < -0.3 is 10.1 Å². The molecule has 0 radical (unpaired) electrons. The normalized spacial score (nSPS) is 12.2. The highest BCUT2D eigenvalue weighted by Crippen LogP contribution is 2.27. The Balaban J connectivity index is 2.15. The Bertz CT molecular complexity index is 542. The zero-order valence-electron chi connectivity index (χ0n) is 11.9. The molecule has 0 aliphatic rings. The van der Waals surface area contributed by atoms with Crippen molar-refractivity contribution in [2.75, 3.05) is 6.54 Å². The second-order valence-electron chi connectivity index (χ2n) is 4.70. The van der Waals surface area contributed by atoms with Gasteiger partial charge in [-0.15, -0.1) is 0 Å². The Morgan fingerprint density at radius 1 is 1.15 bits per heavy atom. The minimum Gasteiger partial charge on any atom is -0.486 e. The molecule has 2 aromatic carbocycles. The summed E-state index contributed by atoms with van der Waals surface area (Å²) in [4.78, 5) is 0. The van der Waals surface area contributed by atoms with Crippen LogP contribution in [0.5, 0.6) is 5.75 Å². The molecule has 0 heterocycles. The van der Waals surface area contributed by atoms with E-state index in [0.717, 1.165) is 23.3 Å². The summed E-state index contributed by atoms with van der Waals surface area (Å²) in [5.74, 6) is 0.936. The predicted octanol–water partition coefficient (Wildman–Crippen LogP) is 4.70. The molecule has 106 valence electrons. The van der Waals surface area contributed by atoms with E-state index in [4.69, 9.17) is 4.74 Å². The minimum absolute atomic E-state index is 0.0396. The highest BCUT2D eigenvalue weighted by molar-refractivity contribution is 9.10. The van der Waals surface area contributed by atoms with Crippen molar-refractivity contribution in [3.05, 3.63) is 64.1 Å². The van der Waals surface area contributed by atoms with Crippen LogP contribution >= 0.6 is 15.9 Å². The molecular weight excluding hydrogens is 314 g/mol. The SMILES string of the molecule is CCNCc1cc(Br)ccc1OC(C)c1ccccc1. The molecular formula is C17H20BrNO. The lowest BCUT2D eigenvalue weighted by Crippen LogP contribution is -2.13. The average Bonchev–Trinajstić information content (AvgIpc) is 2.48. The van der Waals surface area contributed by atoms with Gasteiger partial charge in [0.05, 0.1) is 0 Å². The number of benzene rings is 2. The van der Waals surface area contributed by atoms with Crippen LogP contribution in [0.1, 0.15) is 31.1 Å². The van der Waals surface area contributed by atoms with Gasteiger partial charge in [-0.3, -0.25) is 0 Å². The Morgan fingerprint density at radius 2 is 1.90 bits per heavy atom. The number of hydrogen-bond donors (Lipinski definition) is 1. The van der Waals surface area contributed by atoms with E-state index in [2.05, 4.69) is 53.3 Å². The molecule has 2 rings (SSSR count). The Morgan fingerprint density at radius 3 is 2.60 bits per heavy atom. The van der Waals surface area contributed by atoms with Gasteiger partial charge >= 0.3 is 0 Å². The number of halogens is 1. The molecule has 1 N–H and O–H groups in total. The fourth-order valence-corrected chi connectivity index (χ4v) is 2.45. The molecule has 20 heavy (non-hydrogen) atoms. The van der Waals surface area contributed by atoms with E-state index in [1.807, 2.05) is 30.3 Å². The average molecular weight is 334 g/mol. The van der Waals surface area contributed by atoms with Crippen LogP contribution in [-0.4, -0.2) is 6.54 Å². The lowest BCUT2D eigenvalue weighted by atomic mass is 10.1. The van der Waals surface area contributed by atoms with Gasteiger partial charge in [0, 0.05) is 16.6 Å². The number of ether oxygens (including phenoxy) is 1. The molecule has 0 aliphatic carbocycles. The maximum absolute atomic E-state index is 6.12. The van der Waals surface area contributed by atoms with Crippen LogP contribution in [0.4, 0.5) is 0 Å². The highest BCUT2D eigenvalue weighted by Gasteiger charge is 2.10. The monoisotopic (exact) mass is 333 g/mol. The first-order chi connectivity index (χ1) is 9.70. The van der Waals surface area contributed by atoms with Crippen molar-refractivity contribution >= 4 is 15.9 Å². The van der Waals surface area contributed by atoms with Crippen molar-refractivity contribution in [2.45, 2.75) is 26.5 Å². The van der Waals surface area contributed by atoms with Gasteiger partial charge in [-0.25, -0.2) is 0 Å². The topological polar surface area (TPSA) is 21.3 Å². The van der Waals surface area contributed by atoms with E-state index in [1.54, 1.807) is 0 Å². The molecule has 0 fully saturated rings. The van der Waals surface area contributed by atoms with Crippen LogP contribution in [0.25, 0.3) is 0 Å². The van der Waals surface area contributed by atoms with Crippen LogP contribution in [0.3, 0.4) is 0 Å². The Hall–Kier alpha value is -1.32. The van der Waals surface area contributed by atoms with Crippen molar-refractivity contribution in [1.82, 2.24) is 5.32 Å². The smallest absolute Gasteiger partial charge is 0.124 e. The molecule has 0 aliphatic heterocycles. The summed E-state index contributed by atoms with van der Waals surface area (Å²) in [6.45, 7) is 5.94. The summed E-state index contributed by atoms with van der Waals surface area (Å²) in [7, 11) is 0. The van der Waals surface area contributed by atoms with E-state index in [9.17, 15) is 0 Å². The molecule has 0 spiro atoms. The van der Waals surface area contributed by atoms with Gasteiger partial charge in [-0.05, 0) is 37.2 Å². The maximum atomic E-state index is 6.12. The quantitative estimate of drug-likeness (QED) is 0.827. The van der Waals surface area contributed by atoms with Crippen molar-refractivity contribution < 1.29 is 4.74 Å². The van der Waals surface area contributed by atoms with Gasteiger partial charge in [0.2, 0.25) is 0 Å². The molecule has 0 saturated carbocycles.